The lowest BCUT2D eigenvalue weighted by Gasteiger charge is -2.32. The van der Waals surface area contributed by atoms with Gasteiger partial charge in [0.2, 0.25) is 0 Å². The highest BCUT2D eigenvalue weighted by molar-refractivity contribution is 5.72. The largest absolute Gasteiger partial charge is 0.442 e. The van der Waals surface area contributed by atoms with Crippen LogP contribution in [0.4, 0.5) is 10.6 Å². The molecule has 0 spiro atoms. The fourth-order valence-corrected chi connectivity index (χ4v) is 3.59. The van der Waals surface area contributed by atoms with Crippen LogP contribution in [-0.2, 0) is 17.6 Å². The molecule has 4 rings (SSSR count). The maximum atomic E-state index is 12.7. The fraction of sp³-hybridized carbons (Fsp3) is 0.500. The quantitative estimate of drug-likeness (QED) is 0.810. The molecule has 0 N–H and O–H groups in total. The Morgan fingerprint density at radius 3 is 2.59 bits per heavy atom. The van der Waals surface area contributed by atoms with Gasteiger partial charge in [0.05, 0.1) is 0 Å². The van der Waals surface area contributed by atoms with Crippen molar-refractivity contribution in [2.75, 3.05) is 18.1 Å². The highest BCUT2D eigenvalue weighted by Gasteiger charge is 2.34. The predicted molar refractivity (Wildman–Crippen MR) is 102 cm³/mol. The summed E-state index contributed by atoms with van der Waals surface area (Å²) in [6.45, 7) is 7.04. The van der Waals surface area contributed by atoms with Crippen LogP contribution < -0.4 is 5.01 Å². The van der Waals surface area contributed by atoms with Gasteiger partial charge in [0.25, 0.3) is 0 Å². The zero-order valence-electron chi connectivity index (χ0n) is 16.1. The molecule has 142 valence electrons. The summed E-state index contributed by atoms with van der Waals surface area (Å²) in [4.78, 5) is 26.4. The van der Waals surface area contributed by atoms with E-state index in [4.69, 9.17) is 14.7 Å². The molecule has 7 heteroatoms. The van der Waals surface area contributed by atoms with Crippen LogP contribution in [0.3, 0.4) is 0 Å². The highest BCUT2D eigenvalue weighted by Crippen LogP contribution is 2.34. The van der Waals surface area contributed by atoms with Gasteiger partial charge in [-0.2, -0.15) is 0 Å². The van der Waals surface area contributed by atoms with Crippen molar-refractivity contribution >= 4 is 11.9 Å². The summed E-state index contributed by atoms with van der Waals surface area (Å²) in [5, 5.41) is 3.66. The third-order valence-electron chi connectivity index (χ3n) is 4.73. The third-order valence-corrected chi connectivity index (χ3v) is 4.73. The number of nitrogens with zero attached hydrogens (tertiary/aromatic N) is 5. The van der Waals surface area contributed by atoms with Crippen LogP contribution in [0.2, 0.25) is 0 Å². The summed E-state index contributed by atoms with van der Waals surface area (Å²) < 4.78 is 5.60. The van der Waals surface area contributed by atoms with Gasteiger partial charge in [-0.05, 0) is 58.6 Å². The number of rotatable bonds is 2. The molecule has 3 heterocycles. The van der Waals surface area contributed by atoms with Gasteiger partial charge in [-0.25, -0.2) is 19.8 Å². The van der Waals surface area contributed by atoms with Crippen molar-refractivity contribution in [3.8, 4) is 11.4 Å². The normalized spacial score (nSPS) is 16.6. The topological polar surface area (TPSA) is 71.5 Å². The zero-order chi connectivity index (χ0) is 19.0. The molecule has 0 aromatic carbocycles. The van der Waals surface area contributed by atoms with Crippen LogP contribution in [0.5, 0.6) is 0 Å². The average molecular weight is 367 g/mol. The Balaban J connectivity index is 1.72. The molecule has 2 aromatic rings. The number of hydrazine groups is 1. The number of ether oxygens (including phenoxy) is 1. The van der Waals surface area contributed by atoms with Gasteiger partial charge < -0.3 is 4.74 Å². The molecule has 0 saturated carbocycles. The Labute approximate surface area is 159 Å². The van der Waals surface area contributed by atoms with Crippen LogP contribution >= 0.6 is 0 Å². The lowest BCUT2D eigenvalue weighted by Crippen LogP contribution is -2.45. The van der Waals surface area contributed by atoms with Gasteiger partial charge in [0.1, 0.15) is 5.60 Å². The summed E-state index contributed by atoms with van der Waals surface area (Å²) in [6, 6.07) is 3.83. The first-order chi connectivity index (χ1) is 12.9. The van der Waals surface area contributed by atoms with E-state index in [1.54, 1.807) is 17.4 Å². The van der Waals surface area contributed by atoms with Crippen LogP contribution in [0.15, 0.2) is 24.5 Å². The summed E-state index contributed by atoms with van der Waals surface area (Å²) >= 11 is 0. The molecule has 2 aliphatic rings. The monoisotopic (exact) mass is 367 g/mol. The van der Waals surface area contributed by atoms with E-state index in [1.165, 1.54) is 0 Å². The molecule has 2 aromatic heterocycles. The smallest absolute Gasteiger partial charge is 0.429 e. The summed E-state index contributed by atoms with van der Waals surface area (Å²) in [6.07, 6.45) is 7.02. The predicted octanol–water partition coefficient (Wildman–Crippen LogP) is 3.39. The van der Waals surface area contributed by atoms with E-state index >= 15 is 0 Å². The molecule has 1 amide bonds. The maximum absolute atomic E-state index is 12.7. The van der Waals surface area contributed by atoms with Crippen molar-refractivity contribution in [1.82, 2.24) is 20.0 Å². The Kier molecular flexibility index (Phi) is 4.45. The molecular formula is C20H25N5O2. The lowest BCUT2D eigenvalue weighted by molar-refractivity contribution is 0.0272. The van der Waals surface area contributed by atoms with Crippen molar-refractivity contribution in [3.05, 3.63) is 35.8 Å². The van der Waals surface area contributed by atoms with E-state index in [9.17, 15) is 4.79 Å². The first kappa shape index (κ1) is 17.7. The summed E-state index contributed by atoms with van der Waals surface area (Å²) in [5.74, 6) is 1.52. The first-order valence-corrected chi connectivity index (χ1v) is 9.50. The fourth-order valence-electron chi connectivity index (χ4n) is 3.59. The zero-order valence-corrected chi connectivity index (χ0v) is 16.1. The minimum atomic E-state index is -0.527. The maximum Gasteiger partial charge on any atom is 0.429 e. The Morgan fingerprint density at radius 2 is 1.85 bits per heavy atom. The Morgan fingerprint density at radius 1 is 1.07 bits per heavy atom. The minimum Gasteiger partial charge on any atom is -0.442 e. The molecule has 0 atom stereocenters. The lowest BCUT2D eigenvalue weighted by atomic mass is 10.2. The Hall–Kier alpha value is -2.70. The number of hydrogen-bond donors (Lipinski definition) is 0. The standard InChI is InChI=1S/C20H25N5O2/c1-20(2,3)27-19(26)25-13-5-12-24(25)18-15-6-4-7-16(15)22-17(23-18)14-8-10-21-11-9-14/h8-11H,4-7,12-13H2,1-3H3. The van der Waals surface area contributed by atoms with Gasteiger partial charge >= 0.3 is 6.09 Å². The van der Waals surface area contributed by atoms with Crippen molar-refractivity contribution in [1.29, 1.82) is 0 Å². The van der Waals surface area contributed by atoms with Crippen LogP contribution in [0.25, 0.3) is 11.4 Å². The number of hydrogen-bond acceptors (Lipinski definition) is 6. The van der Waals surface area contributed by atoms with Gasteiger partial charge in [0, 0.05) is 42.3 Å². The molecule has 1 fully saturated rings. The molecule has 7 nitrogen and oxygen atoms in total. The van der Waals surface area contributed by atoms with Crippen LogP contribution in [0.1, 0.15) is 44.9 Å². The van der Waals surface area contributed by atoms with Crippen molar-refractivity contribution in [3.63, 3.8) is 0 Å². The van der Waals surface area contributed by atoms with Gasteiger partial charge in [0.15, 0.2) is 11.6 Å². The number of aromatic nitrogens is 3. The number of aryl methyl sites for hydroxylation is 1. The number of amides is 1. The number of pyridine rings is 1. The van der Waals surface area contributed by atoms with E-state index in [0.717, 1.165) is 54.9 Å². The van der Waals surface area contributed by atoms with Crippen molar-refractivity contribution < 1.29 is 9.53 Å². The van der Waals surface area contributed by atoms with Gasteiger partial charge in [-0.3, -0.25) is 9.99 Å². The molecule has 27 heavy (non-hydrogen) atoms. The minimum absolute atomic E-state index is 0.323. The van der Waals surface area contributed by atoms with Crippen LogP contribution in [0, 0.1) is 0 Å². The highest BCUT2D eigenvalue weighted by atomic mass is 16.6. The molecule has 1 aliphatic heterocycles. The summed E-state index contributed by atoms with van der Waals surface area (Å²) in [7, 11) is 0. The molecule has 1 saturated heterocycles. The van der Waals surface area contributed by atoms with Crippen LogP contribution in [-0.4, -0.2) is 44.7 Å². The van der Waals surface area contributed by atoms with E-state index < -0.39 is 5.60 Å². The second kappa shape index (κ2) is 6.79. The second-order valence-corrected chi connectivity index (χ2v) is 7.97. The molecule has 0 unspecified atom stereocenters. The first-order valence-electron chi connectivity index (χ1n) is 9.50. The van der Waals surface area contributed by atoms with E-state index in [-0.39, 0.29) is 6.09 Å². The average Bonchev–Trinajstić information content (AvgIpc) is 3.29. The number of fused-ring (bicyclic) bond motifs is 1. The summed E-state index contributed by atoms with van der Waals surface area (Å²) in [5.41, 5.74) is 2.65. The van der Waals surface area contributed by atoms with Gasteiger partial charge in [-0.1, -0.05) is 0 Å². The van der Waals surface area contributed by atoms with Gasteiger partial charge in [-0.15, -0.1) is 0 Å². The SMILES string of the molecule is CC(C)(C)OC(=O)N1CCCN1c1nc(-c2ccncc2)nc2c1CCC2. The van der Waals surface area contributed by atoms with Crippen molar-refractivity contribution in [2.45, 2.75) is 52.1 Å². The molecule has 1 aliphatic carbocycles. The molecule has 0 bridgehead atoms. The molecular weight excluding hydrogens is 342 g/mol. The van der Waals surface area contributed by atoms with E-state index in [0.29, 0.717) is 12.4 Å². The third kappa shape index (κ3) is 3.59. The van der Waals surface area contributed by atoms with Crippen molar-refractivity contribution in [2.24, 2.45) is 0 Å². The number of anilines is 1. The number of carbonyl (C=O) groups excluding carboxylic acids is 1. The van der Waals surface area contributed by atoms with E-state index in [1.807, 2.05) is 37.9 Å². The number of carbonyl (C=O) groups is 1. The molecule has 0 radical (unpaired) electrons. The second-order valence-electron chi connectivity index (χ2n) is 7.97. The Bertz CT molecular complexity index is 847. The van der Waals surface area contributed by atoms with E-state index in [2.05, 4.69) is 4.98 Å².